The number of rotatable bonds is 3. The Labute approximate surface area is 149 Å². The van der Waals surface area contributed by atoms with E-state index in [4.69, 9.17) is 4.74 Å². The number of carbonyl (C=O) groups excluding carboxylic acids is 1. The average Bonchev–Trinajstić information content (AvgIpc) is 3.23. The van der Waals surface area contributed by atoms with E-state index in [9.17, 15) is 14.7 Å². The van der Waals surface area contributed by atoms with E-state index in [1.165, 1.54) is 27.8 Å². The molecule has 0 radical (unpaired) electrons. The van der Waals surface area contributed by atoms with Crippen LogP contribution in [0.15, 0.2) is 48.5 Å². The molecule has 0 aromatic heterocycles. The molecule has 1 saturated heterocycles. The Kier molecular flexibility index (Phi) is 4.13. The van der Waals surface area contributed by atoms with Crippen molar-refractivity contribution in [2.75, 3.05) is 18.2 Å². The third-order valence-corrected chi connectivity index (χ3v) is 5.75. The topological polar surface area (TPSA) is 66.8 Å². The number of aliphatic carboxylic acids is 1. The molecule has 0 spiro atoms. The third-order valence-electron chi connectivity index (χ3n) is 4.74. The van der Waals surface area contributed by atoms with Crippen LogP contribution >= 0.6 is 11.8 Å². The second-order valence-electron chi connectivity index (χ2n) is 6.13. The highest BCUT2D eigenvalue weighted by Gasteiger charge is 2.36. The predicted octanol–water partition coefficient (Wildman–Crippen LogP) is 3.40. The normalized spacial score (nSPS) is 18.7. The average molecular weight is 355 g/mol. The highest BCUT2D eigenvalue weighted by atomic mass is 32.2. The van der Waals surface area contributed by atoms with Gasteiger partial charge in [0.25, 0.3) is 0 Å². The predicted molar refractivity (Wildman–Crippen MR) is 95.7 cm³/mol. The molecule has 0 unspecified atom stereocenters. The van der Waals surface area contributed by atoms with E-state index in [1.54, 1.807) is 0 Å². The molecule has 4 rings (SSSR count). The SMILES string of the molecule is O=C(O)[C@@H]1CSCN1C(=O)OCC1c2ccccc2-c2ccccc21. The molecule has 1 heterocycles. The number of fused-ring (bicyclic) bond motifs is 3. The fourth-order valence-electron chi connectivity index (χ4n) is 3.50. The van der Waals surface area contributed by atoms with Crippen LogP contribution in [0, 0.1) is 0 Å². The number of hydrogen-bond donors (Lipinski definition) is 1. The summed E-state index contributed by atoms with van der Waals surface area (Å²) in [5.41, 5.74) is 4.61. The Morgan fingerprint density at radius 1 is 1.08 bits per heavy atom. The van der Waals surface area contributed by atoms with Crippen LogP contribution in [0.1, 0.15) is 17.0 Å². The lowest BCUT2D eigenvalue weighted by Gasteiger charge is -2.21. The van der Waals surface area contributed by atoms with Gasteiger partial charge in [-0.2, -0.15) is 0 Å². The van der Waals surface area contributed by atoms with Crippen molar-refractivity contribution in [2.45, 2.75) is 12.0 Å². The van der Waals surface area contributed by atoms with Gasteiger partial charge in [-0.25, -0.2) is 9.59 Å². The second-order valence-corrected chi connectivity index (χ2v) is 7.13. The molecule has 2 aromatic carbocycles. The Bertz CT molecular complexity index is 792. The van der Waals surface area contributed by atoms with Crippen LogP contribution in [0.25, 0.3) is 11.1 Å². The molecule has 5 nitrogen and oxygen atoms in total. The Morgan fingerprint density at radius 3 is 2.28 bits per heavy atom. The number of thioether (sulfide) groups is 1. The molecule has 25 heavy (non-hydrogen) atoms. The first-order valence-electron chi connectivity index (χ1n) is 8.09. The number of carboxylic acid groups (broad SMARTS) is 1. The first-order valence-corrected chi connectivity index (χ1v) is 9.24. The van der Waals surface area contributed by atoms with E-state index >= 15 is 0 Å². The maximum Gasteiger partial charge on any atom is 0.411 e. The van der Waals surface area contributed by atoms with Gasteiger partial charge < -0.3 is 9.84 Å². The third kappa shape index (κ3) is 2.76. The van der Waals surface area contributed by atoms with Crippen molar-refractivity contribution in [1.29, 1.82) is 0 Å². The maximum atomic E-state index is 12.4. The summed E-state index contributed by atoms with van der Waals surface area (Å²) in [7, 11) is 0. The van der Waals surface area contributed by atoms with Crippen LogP contribution in [0.5, 0.6) is 0 Å². The standard InChI is InChI=1S/C19H17NO4S/c21-18(22)17-10-25-11-20(17)19(23)24-9-16-14-7-3-1-5-12(14)13-6-2-4-8-15(13)16/h1-8,16-17H,9-11H2,(H,21,22)/t17-/m0/s1. The van der Waals surface area contributed by atoms with Crippen molar-refractivity contribution in [2.24, 2.45) is 0 Å². The molecule has 128 valence electrons. The van der Waals surface area contributed by atoms with E-state index in [0.717, 1.165) is 11.1 Å². The number of carbonyl (C=O) groups is 2. The van der Waals surface area contributed by atoms with Gasteiger partial charge in [0.1, 0.15) is 12.6 Å². The summed E-state index contributed by atoms with van der Waals surface area (Å²) < 4.78 is 5.51. The minimum atomic E-state index is -0.987. The quantitative estimate of drug-likeness (QED) is 0.914. The van der Waals surface area contributed by atoms with Crippen LogP contribution in [0.4, 0.5) is 4.79 Å². The Morgan fingerprint density at radius 2 is 1.68 bits per heavy atom. The fraction of sp³-hybridized carbons (Fsp3) is 0.263. The lowest BCUT2D eigenvalue weighted by molar-refractivity contribution is -0.141. The summed E-state index contributed by atoms with van der Waals surface area (Å²) in [4.78, 5) is 24.9. The van der Waals surface area contributed by atoms with Crippen molar-refractivity contribution in [3.05, 3.63) is 59.7 Å². The number of carboxylic acids is 1. The highest BCUT2D eigenvalue weighted by molar-refractivity contribution is 7.99. The molecular weight excluding hydrogens is 338 g/mol. The molecule has 0 saturated carbocycles. The summed E-state index contributed by atoms with van der Waals surface area (Å²) in [5.74, 6) is -0.249. The zero-order valence-electron chi connectivity index (χ0n) is 13.4. The molecule has 1 atom stereocenters. The van der Waals surface area contributed by atoms with Gasteiger partial charge in [-0.1, -0.05) is 48.5 Å². The monoisotopic (exact) mass is 355 g/mol. The minimum Gasteiger partial charge on any atom is -0.480 e. The lowest BCUT2D eigenvalue weighted by atomic mass is 9.98. The first kappa shape index (κ1) is 16.0. The van der Waals surface area contributed by atoms with Gasteiger partial charge in [0, 0.05) is 11.7 Å². The second kappa shape index (κ2) is 6.44. The zero-order valence-corrected chi connectivity index (χ0v) is 14.2. The van der Waals surface area contributed by atoms with Gasteiger partial charge in [0.2, 0.25) is 0 Å². The molecule has 2 aromatic rings. The molecule has 6 heteroatoms. The van der Waals surface area contributed by atoms with Crippen LogP contribution in [0.2, 0.25) is 0 Å². The van der Waals surface area contributed by atoms with E-state index in [0.29, 0.717) is 11.6 Å². The van der Waals surface area contributed by atoms with E-state index in [2.05, 4.69) is 24.3 Å². The maximum absolute atomic E-state index is 12.4. The largest absolute Gasteiger partial charge is 0.480 e. The lowest BCUT2D eigenvalue weighted by Crippen LogP contribution is -2.42. The van der Waals surface area contributed by atoms with Crippen molar-refractivity contribution in [1.82, 2.24) is 4.90 Å². The van der Waals surface area contributed by atoms with Crippen LogP contribution in [0.3, 0.4) is 0 Å². The van der Waals surface area contributed by atoms with Crippen LogP contribution in [-0.4, -0.2) is 46.3 Å². The highest BCUT2D eigenvalue weighted by Crippen LogP contribution is 2.44. The number of ether oxygens (including phenoxy) is 1. The molecular formula is C19H17NO4S. The van der Waals surface area contributed by atoms with Gasteiger partial charge >= 0.3 is 12.1 Å². The van der Waals surface area contributed by atoms with E-state index in [1.807, 2.05) is 24.3 Å². The summed E-state index contributed by atoms with van der Waals surface area (Å²) in [6.45, 7) is 0.209. The number of amides is 1. The molecule has 1 amide bonds. The van der Waals surface area contributed by atoms with Crippen molar-refractivity contribution in [3.8, 4) is 11.1 Å². The summed E-state index contributed by atoms with van der Waals surface area (Å²) in [5, 5.41) is 9.21. The van der Waals surface area contributed by atoms with Gasteiger partial charge in [0.15, 0.2) is 0 Å². The van der Waals surface area contributed by atoms with Gasteiger partial charge in [-0.05, 0) is 22.3 Å². The summed E-state index contributed by atoms with van der Waals surface area (Å²) in [6.07, 6.45) is -0.556. The smallest absolute Gasteiger partial charge is 0.411 e. The molecule has 1 fully saturated rings. The van der Waals surface area contributed by atoms with Crippen LogP contribution in [-0.2, 0) is 9.53 Å². The fourth-order valence-corrected chi connectivity index (χ4v) is 4.64. The minimum absolute atomic E-state index is 0.0186. The van der Waals surface area contributed by atoms with Crippen molar-refractivity contribution in [3.63, 3.8) is 0 Å². The Hall–Kier alpha value is -2.47. The Balaban J connectivity index is 1.53. The number of benzene rings is 2. The first-order chi connectivity index (χ1) is 12.2. The van der Waals surface area contributed by atoms with Crippen molar-refractivity contribution >= 4 is 23.8 Å². The van der Waals surface area contributed by atoms with E-state index < -0.39 is 18.1 Å². The zero-order chi connectivity index (χ0) is 17.4. The molecule has 1 aliphatic carbocycles. The molecule has 1 N–H and O–H groups in total. The molecule has 2 aliphatic rings. The van der Waals surface area contributed by atoms with E-state index in [-0.39, 0.29) is 12.5 Å². The summed E-state index contributed by atoms with van der Waals surface area (Å²) >= 11 is 1.43. The van der Waals surface area contributed by atoms with Crippen LogP contribution < -0.4 is 0 Å². The van der Waals surface area contributed by atoms with Gasteiger partial charge in [-0.3, -0.25) is 4.90 Å². The van der Waals surface area contributed by atoms with Gasteiger partial charge in [0.05, 0.1) is 5.88 Å². The molecule has 0 bridgehead atoms. The number of hydrogen-bond acceptors (Lipinski definition) is 4. The van der Waals surface area contributed by atoms with Gasteiger partial charge in [-0.15, -0.1) is 11.8 Å². The number of nitrogens with zero attached hydrogens (tertiary/aromatic N) is 1. The summed E-state index contributed by atoms with van der Waals surface area (Å²) in [6, 6.07) is 15.4. The molecule has 1 aliphatic heterocycles. The van der Waals surface area contributed by atoms with Crippen molar-refractivity contribution < 1.29 is 19.4 Å².